The monoisotopic (exact) mass is 446 g/mol. The Bertz CT molecular complexity index is 957. The number of aromatic nitrogens is 4. The van der Waals surface area contributed by atoms with E-state index in [1.807, 2.05) is 38.1 Å². The number of carbonyl (C=O) groups excluding carboxylic acids is 1. The molecule has 1 aromatic carbocycles. The highest BCUT2D eigenvalue weighted by Gasteiger charge is 2.21. The van der Waals surface area contributed by atoms with E-state index >= 15 is 0 Å². The number of hydrogen-bond donors (Lipinski definition) is 2. The van der Waals surface area contributed by atoms with E-state index in [0.29, 0.717) is 16.1 Å². The van der Waals surface area contributed by atoms with Gasteiger partial charge in [-0.25, -0.2) is 4.98 Å². The van der Waals surface area contributed by atoms with E-state index in [-0.39, 0.29) is 11.8 Å². The minimum Gasteiger partial charge on any atom is -0.309 e. The molecule has 28 heavy (non-hydrogen) atoms. The molecule has 2 heterocycles. The van der Waals surface area contributed by atoms with Gasteiger partial charge >= 0.3 is 0 Å². The lowest BCUT2D eigenvalue weighted by atomic mass is 10.1. The summed E-state index contributed by atoms with van der Waals surface area (Å²) in [5.41, 5.74) is 3.11. The van der Waals surface area contributed by atoms with Gasteiger partial charge in [0, 0.05) is 13.1 Å². The summed E-state index contributed by atoms with van der Waals surface area (Å²) in [6.45, 7) is 12.0. The third-order valence-corrected chi connectivity index (χ3v) is 5.74. The van der Waals surface area contributed by atoms with Crippen LogP contribution in [-0.2, 0) is 6.54 Å². The number of anilines is 1. The molecule has 150 valence electrons. The number of likely N-dealkylation sites (N-methyl/N-ethyl adjacent to an activating group) is 1. The van der Waals surface area contributed by atoms with Crippen LogP contribution in [0, 0.1) is 0 Å². The standard InChI is InChI=1S/C20H27BrN6O/c1-5-26(6-2)11-12-27-15-10-8-7-9-14(15)22-20(27)23-19(28)18-16(21)17(13(3)4)24-25-18/h7-10,13H,5-6,11-12H2,1-4H3,(H,24,25)(H,22,23,28). The summed E-state index contributed by atoms with van der Waals surface area (Å²) in [6, 6.07) is 7.93. The largest absolute Gasteiger partial charge is 0.309 e. The van der Waals surface area contributed by atoms with Crippen molar-refractivity contribution < 1.29 is 4.79 Å². The van der Waals surface area contributed by atoms with E-state index < -0.39 is 0 Å². The number of benzene rings is 1. The van der Waals surface area contributed by atoms with E-state index in [4.69, 9.17) is 0 Å². The third-order valence-electron chi connectivity index (χ3n) is 4.94. The Morgan fingerprint density at radius 1 is 1.29 bits per heavy atom. The first kappa shape index (κ1) is 20.5. The molecule has 7 nitrogen and oxygen atoms in total. The number of carbonyl (C=O) groups is 1. The smallest absolute Gasteiger partial charge is 0.279 e. The highest BCUT2D eigenvalue weighted by molar-refractivity contribution is 9.10. The van der Waals surface area contributed by atoms with Crippen molar-refractivity contribution in [1.29, 1.82) is 0 Å². The van der Waals surface area contributed by atoms with Gasteiger partial charge in [-0.3, -0.25) is 15.2 Å². The molecule has 0 bridgehead atoms. The lowest BCUT2D eigenvalue weighted by Crippen LogP contribution is -2.27. The predicted octanol–water partition coefficient (Wildman–Crippen LogP) is 4.24. The van der Waals surface area contributed by atoms with Crippen LogP contribution in [0.5, 0.6) is 0 Å². The second-order valence-electron chi connectivity index (χ2n) is 7.01. The van der Waals surface area contributed by atoms with Gasteiger partial charge in [0.05, 0.1) is 21.2 Å². The highest BCUT2D eigenvalue weighted by atomic mass is 79.9. The maximum absolute atomic E-state index is 12.9. The van der Waals surface area contributed by atoms with Crippen molar-refractivity contribution in [2.24, 2.45) is 0 Å². The van der Waals surface area contributed by atoms with Crippen LogP contribution in [0.15, 0.2) is 28.7 Å². The first-order chi connectivity index (χ1) is 13.5. The predicted molar refractivity (Wildman–Crippen MR) is 116 cm³/mol. The van der Waals surface area contributed by atoms with Gasteiger partial charge in [0.2, 0.25) is 5.95 Å². The number of amides is 1. The summed E-state index contributed by atoms with van der Waals surface area (Å²) in [6.07, 6.45) is 0. The molecule has 1 amide bonds. The Morgan fingerprint density at radius 2 is 2.00 bits per heavy atom. The van der Waals surface area contributed by atoms with Crippen LogP contribution in [0.4, 0.5) is 5.95 Å². The SMILES string of the molecule is CCN(CC)CCn1c(NC(=O)c2n[nH]c(C(C)C)c2Br)nc2ccccc21. The summed E-state index contributed by atoms with van der Waals surface area (Å²) >= 11 is 3.50. The number of hydrogen-bond acceptors (Lipinski definition) is 4. The van der Waals surface area contributed by atoms with Gasteiger partial charge in [0.25, 0.3) is 5.91 Å². The van der Waals surface area contributed by atoms with Gasteiger partial charge in [-0.2, -0.15) is 5.10 Å². The molecule has 2 aromatic heterocycles. The molecule has 0 saturated heterocycles. The number of para-hydroxylation sites is 2. The normalized spacial score (nSPS) is 11.7. The summed E-state index contributed by atoms with van der Waals surface area (Å²) in [5.74, 6) is 0.496. The molecule has 2 N–H and O–H groups in total. The summed E-state index contributed by atoms with van der Waals surface area (Å²) in [5, 5.41) is 10.1. The summed E-state index contributed by atoms with van der Waals surface area (Å²) < 4.78 is 2.76. The highest BCUT2D eigenvalue weighted by Crippen LogP contribution is 2.26. The number of fused-ring (bicyclic) bond motifs is 1. The number of nitrogens with one attached hydrogen (secondary N) is 2. The Hall–Kier alpha value is -2.19. The van der Waals surface area contributed by atoms with Crippen molar-refractivity contribution in [2.45, 2.75) is 40.2 Å². The zero-order chi connectivity index (χ0) is 20.3. The average molecular weight is 447 g/mol. The zero-order valence-corrected chi connectivity index (χ0v) is 18.4. The molecule has 0 aliphatic carbocycles. The lowest BCUT2D eigenvalue weighted by Gasteiger charge is -2.19. The lowest BCUT2D eigenvalue weighted by molar-refractivity contribution is 0.102. The van der Waals surface area contributed by atoms with E-state index in [0.717, 1.165) is 42.9 Å². The molecule has 8 heteroatoms. The van der Waals surface area contributed by atoms with Gasteiger partial charge in [-0.05, 0) is 47.1 Å². The Balaban J connectivity index is 1.89. The van der Waals surface area contributed by atoms with E-state index in [1.54, 1.807) is 0 Å². The van der Waals surface area contributed by atoms with E-state index in [9.17, 15) is 4.79 Å². The van der Waals surface area contributed by atoms with Gasteiger partial charge in [0.1, 0.15) is 0 Å². The minimum absolute atomic E-state index is 0.238. The Kier molecular flexibility index (Phi) is 6.51. The van der Waals surface area contributed by atoms with Crippen molar-refractivity contribution in [2.75, 3.05) is 25.0 Å². The van der Waals surface area contributed by atoms with Gasteiger partial charge in [0.15, 0.2) is 5.69 Å². The van der Waals surface area contributed by atoms with Crippen molar-refractivity contribution >= 4 is 38.8 Å². The molecule has 0 aliphatic heterocycles. The van der Waals surface area contributed by atoms with Crippen LogP contribution in [0.1, 0.15) is 49.8 Å². The first-order valence-electron chi connectivity index (χ1n) is 9.68. The molecule has 0 aliphatic rings. The van der Waals surface area contributed by atoms with Gasteiger partial charge in [-0.1, -0.05) is 39.8 Å². The molecule has 3 rings (SSSR count). The van der Waals surface area contributed by atoms with Crippen LogP contribution in [0.25, 0.3) is 11.0 Å². The second kappa shape index (κ2) is 8.87. The molecule has 0 saturated carbocycles. The van der Waals surface area contributed by atoms with Crippen LogP contribution in [-0.4, -0.2) is 50.2 Å². The van der Waals surface area contributed by atoms with Crippen molar-refractivity contribution in [3.05, 3.63) is 40.1 Å². The van der Waals surface area contributed by atoms with E-state index in [1.165, 1.54) is 0 Å². The number of rotatable bonds is 8. The number of H-pyrrole nitrogens is 1. The second-order valence-corrected chi connectivity index (χ2v) is 7.80. The third kappa shape index (κ3) is 4.12. The van der Waals surface area contributed by atoms with Crippen LogP contribution >= 0.6 is 15.9 Å². The number of nitrogens with zero attached hydrogens (tertiary/aromatic N) is 4. The molecule has 0 unspecified atom stereocenters. The molecule has 0 atom stereocenters. The minimum atomic E-state index is -0.283. The Labute approximate surface area is 173 Å². The molecule has 3 aromatic rings. The number of halogens is 1. The Morgan fingerprint density at radius 3 is 2.64 bits per heavy atom. The molecule has 0 fully saturated rings. The van der Waals surface area contributed by atoms with Gasteiger partial charge < -0.3 is 9.47 Å². The fraction of sp³-hybridized carbons (Fsp3) is 0.450. The van der Waals surface area contributed by atoms with Crippen LogP contribution < -0.4 is 5.32 Å². The average Bonchev–Trinajstić information content (AvgIpc) is 3.23. The number of aromatic amines is 1. The molecule has 0 spiro atoms. The molecular weight excluding hydrogens is 420 g/mol. The molecule has 0 radical (unpaired) electrons. The number of imidazole rings is 1. The van der Waals surface area contributed by atoms with Crippen molar-refractivity contribution in [1.82, 2.24) is 24.6 Å². The fourth-order valence-electron chi connectivity index (χ4n) is 3.21. The van der Waals surface area contributed by atoms with Crippen LogP contribution in [0.2, 0.25) is 0 Å². The quantitative estimate of drug-likeness (QED) is 0.542. The summed E-state index contributed by atoms with van der Waals surface area (Å²) in [7, 11) is 0. The van der Waals surface area contributed by atoms with E-state index in [2.05, 4.69) is 59.7 Å². The first-order valence-corrected chi connectivity index (χ1v) is 10.5. The maximum Gasteiger partial charge on any atom is 0.279 e. The van der Waals surface area contributed by atoms with Crippen LogP contribution in [0.3, 0.4) is 0 Å². The topological polar surface area (TPSA) is 78.8 Å². The van der Waals surface area contributed by atoms with Crippen molar-refractivity contribution in [3.8, 4) is 0 Å². The molecular formula is C20H27BrN6O. The van der Waals surface area contributed by atoms with Gasteiger partial charge in [-0.15, -0.1) is 0 Å². The zero-order valence-electron chi connectivity index (χ0n) is 16.8. The fourth-order valence-corrected chi connectivity index (χ4v) is 4.03. The summed E-state index contributed by atoms with van der Waals surface area (Å²) in [4.78, 5) is 19.8. The van der Waals surface area contributed by atoms with Crippen molar-refractivity contribution in [3.63, 3.8) is 0 Å². The maximum atomic E-state index is 12.9.